The molecule has 2 fully saturated rings. The summed E-state index contributed by atoms with van der Waals surface area (Å²) in [5.74, 6) is 4.69. The minimum Gasteiger partial charge on any atom is -0.465 e. The molecule has 20 rings (SSSR count). The summed E-state index contributed by atoms with van der Waals surface area (Å²) in [5, 5.41) is 57.6. The number of likely N-dealkylation sites (N-methyl/N-ethyl adjacent to an activating group) is 2. The van der Waals surface area contributed by atoms with Gasteiger partial charge in [-0.1, -0.05) is 187 Å². The number of ether oxygens (including phenoxy) is 5. The number of para-hydroxylation sites is 1. The van der Waals surface area contributed by atoms with Crippen molar-refractivity contribution < 1.29 is 53.7 Å². The van der Waals surface area contributed by atoms with Crippen LogP contribution in [-0.2, 0) is 39.6 Å². The molecule has 12 aromatic carbocycles. The molecule has 0 amide bonds. The van der Waals surface area contributed by atoms with Crippen molar-refractivity contribution in [1.29, 1.82) is 0 Å². The van der Waals surface area contributed by atoms with Crippen molar-refractivity contribution in [3.05, 3.63) is 293 Å². The second-order valence-corrected chi connectivity index (χ2v) is 38.6. The zero-order valence-corrected chi connectivity index (χ0v) is 78.0. The van der Waals surface area contributed by atoms with Crippen molar-refractivity contribution in [1.82, 2.24) is 63.9 Å². The number of halogens is 2. The quantitative estimate of drug-likeness (QED) is 0.0417. The van der Waals surface area contributed by atoms with Gasteiger partial charge in [0.2, 0.25) is 43.7 Å². The van der Waals surface area contributed by atoms with Gasteiger partial charge in [-0.15, -0.1) is 40.8 Å². The molecular weight excluding hydrogens is 1800 g/mol. The van der Waals surface area contributed by atoms with Crippen molar-refractivity contribution in [2.24, 2.45) is 0 Å². The largest absolute Gasteiger partial charge is 0.465 e. The van der Waals surface area contributed by atoms with Crippen molar-refractivity contribution in [3.63, 3.8) is 0 Å². The maximum atomic E-state index is 13.5. The molecule has 29 nitrogen and oxygen atoms in total. The summed E-state index contributed by atoms with van der Waals surface area (Å²) in [6.45, 7) is 14.0. The molecule has 4 aliphatic heterocycles. The number of esters is 1. The third-order valence-electron chi connectivity index (χ3n) is 23.2. The monoisotopic (exact) mass is 1890 g/mol. The molecule has 8 heterocycles. The predicted octanol–water partition coefficient (Wildman–Crippen LogP) is 18.9. The number of aromatic nitrogens is 8. The van der Waals surface area contributed by atoms with E-state index in [1.807, 2.05) is 253 Å². The summed E-state index contributed by atoms with van der Waals surface area (Å²) < 4.78 is 112. The fraction of sp³-hybridized carbons (Fsp3) is 0.190. The highest BCUT2D eigenvalue weighted by Crippen LogP contribution is 2.42. The standard InChI is InChI=1S/C27H27N5O4S.C27H29N5O2S.C25H23ClN4O4S.C21H14ClN3O2/c1-18-7-8-19(15-25(18)37(33,34)32-13-11-31(2)12-14-32)26-21-5-3-4-6-22(21)27(30-29-26)28-20-9-10-23-24(16-20)36-17-35-23;1-19-8-4-7-11-24(19)28-27-23-10-6-5-9-22(23)26(29-30-27)21-13-12-20(2)25(18-21)35(33,34)32-16-14-31(3)15-17-32;1-3-34-23(31)15-27-35(32,33)22-14-17(9-8-16(22)2)24-20-6-4-5-7-21(20)25(30-29-24)28-19-12-10-18(26)11-13-19;22-14-7-5-13(6-8-14)20-16-3-1-2-4-17(16)21(25-24-20)23-15-9-10-18-19(11-15)27-12-26-18/h3-10,15-16H,11-14,17H2,1-2H3,(H,28,30);4-13,18H,14-17H2,1-3H3,(H,28,30);4-14,27H,3,15H2,1-2H3,(H,28,30);1-11H,12H2,(H,23,25). The number of hydrogen-bond donors (Lipinski definition) is 5. The number of nitrogens with zero attached hydrogens (tertiary/aromatic N) is 12. The Labute approximate surface area is 785 Å². The molecular formula is C100H93Cl2N17O12S3. The Morgan fingerprint density at radius 1 is 0.351 bits per heavy atom. The molecule has 0 unspecified atom stereocenters. The van der Waals surface area contributed by atoms with Gasteiger partial charge in [-0.25, -0.2) is 25.3 Å². The third kappa shape index (κ3) is 20.5. The zero-order valence-electron chi connectivity index (χ0n) is 74.1. The smallest absolute Gasteiger partial charge is 0.321 e. The second kappa shape index (κ2) is 40.3. The van der Waals surface area contributed by atoms with Crippen LogP contribution in [0.25, 0.3) is 88.1 Å². The summed E-state index contributed by atoms with van der Waals surface area (Å²) in [6, 6.07) is 81.6. The summed E-state index contributed by atoms with van der Waals surface area (Å²) in [6.07, 6.45) is 0. The van der Waals surface area contributed by atoms with Crippen LogP contribution in [0.3, 0.4) is 0 Å². The topological polar surface area (TPSA) is 342 Å². The maximum Gasteiger partial charge on any atom is 0.321 e. The Bertz CT molecular complexity index is 7490. The molecule has 0 spiro atoms. The van der Waals surface area contributed by atoms with E-state index in [0.717, 1.165) is 118 Å². The number of aryl methyl sites for hydroxylation is 4. The van der Waals surface area contributed by atoms with Crippen molar-refractivity contribution in [2.75, 3.05) is 114 Å². The maximum absolute atomic E-state index is 13.5. The molecule has 5 N–H and O–H groups in total. The lowest BCUT2D eigenvalue weighted by atomic mass is 10.0. The average Bonchev–Trinajstić information content (AvgIpc) is 1.02. The van der Waals surface area contributed by atoms with E-state index in [2.05, 4.69) is 76.6 Å². The van der Waals surface area contributed by atoms with Gasteiger partial charge in [-0.2, -0.15) is 13.3 Å². The predicted molar refractivity (Wildman–Crippen MR) is 524 cm³/mol. The zero-order chi connectivity index (χ0) is 93.4. The Morgan fingerprint density at radius 3 is 1.08 bits per heavy atom. The van der Waals surface area contributed by atoms with Crippen LogP contribution in [0.1, 0.15) is 29.2 Å². The lowest BCUT2D eigenvalue weighted by molar-refractivity contribution is -0.141. The molecule has 682 valence electrons. The number of piperazine rings is 2. The SMILES string of the molecule is CCOC(=O)CNS(=O)(=O)c1cc(-c2nnc(Nc3ccc(Cl)cc3)c3ccccc23)ccc1C.Cc1ccc(-c2nnc(Nc3ccc4c(c3)OCO4)c3ccccc23)cc1S(=O)(=O)N1CCN(C)CC1.Cc1ccccc1Nc1nnc(-c2ccc(C)c(S(=O)(=O)N3CCN(C)CC3)c2)c2ccccc12.Clc1ccc(-c2nnc(Nc3ccc4c(c3)OCO4)c3ccccc23)cc1. The first-order valence-electron chi connectivity index (χ1n) is 43.1. The fourth-order valence-electron chi connectivity index (χ4n) is 15.8. The molecule has 2 saturated heterocycles. The van der Waals surface area contributed by atoms with Crippen molar-refractivity contribution in [3.8, 4) is 68.0 Å². The Kier molecular flexibility index (Phi) is 27.6. The molecule has 0 aliphatic carbocycles. The van der Waals surface area contributed by atoms with E-state index in [9.17, 15) is 30.0 Å². The molecule has 0 saturated carbocycles. The number of rotatable bonds is 21. The average molecular weight is 1890 g/mol. The number of anilines is 8. The number of fused-ring (bicyclic) bond motifs is 6. The van der Waals surface area contributed by atoms with Gasteiger partial charge in [0.05, 0.1) is 21.3 Å². The lowest BCUT2D eigenvalue weighted by Crippen LogP contribution is -2.47. The van der Waals surface area contributed by atoms with E-state index >= 15 is 0 Å². The molecule has 16 aromatic rings. The summed E-state index contributed by atoms with van der Waals surface area (Å²) in [7, 11) is -7.18. The van der Waals surface area contributed by atoms with Gasteiger partial charge in [-0.05, 0) is 156 Å². The number of sulfonamides is 3. The van der Waals surface area contributed by atoms with Crippen LogP contribution in [0.4, 0.5) is 46.0 Å². The third-order valence-corrected chi connectivity index (χ3v) is 29.3. The van der Waals surface area contributed by atoms with Gasteiger partial charge in [0, 0.05) is 163 Å². The fourth-order valence-corrected chi connectivity index (χ4v) is 20.7. The van der Waals surface area contributed by atoms with E-state index in [1.165, 1.54) is 6.07 Å². The van der Waals surface area contributed by atoms with Gasteiger partial charge in [0.1, 0.15) is 29.3 Å². The highest BCUT2D eigenvalue weighted by Gasteiger charge is 2.33. The molecule has 0 bridgehead atoms. The number of carbonyl (C=O) groups is 1. The molecule has 4 aromatic heterocycles. The van der Waals surface area contributed by atoms with Gasteiger partial charge >= 0.3 is 5.97 Å². The summed E-state index contributed by atoms with van der Waals surface area (Å²) in [5.41, 5.74) is 12.1. The minimum atomic E-state index is -3.96. The van der Waals surface area contributed by atoms with E-state index in [0.29, 0.717) is 133 Å². The van der Waals surface area contributed by atoms with Gasteiger partial charge in [0.25, 0.3) is 0 Å². The number of benzene rings is 12. The van der Waals surface area contributed by atoms with Crippen LogP contribution >= 0.6 is 23.2 Å². The lowest BCUT2D eigenvalue weighted by Gasteiger charge is -2.32. The van der Waals surface area contributed by atoms with Gasteiger partial charge < -0.3 is 54.8 Å². The first kappa shape index (κ1) is 92.0. The molecule has 4 aliphatic rings. The Balaban J connectivity index is 0.000000125. The number of hydrogen-bond acceptors (Lipinski definition) is 26. The van der Waals surface area contributed by atoms with Crippen LogP contribution in [0.15, 0.2) is 276 Å². The first-order chi connectivity index (χ1) is 64.8. The normalized spacial score (nSPS) is 14.0. The molecule has 134 heavy (non-hydrogen) atoms. The van der Waals surface area contributed by atoms with E-state index in [4.69, 9.17) is 46.9 Å². The van der Waals surface area contributed by atoms with Crippen LogP contribution in [-0.4, -0.2) is 184 Å². The van der Waals surface area contributed by atoms with E-state index in [1.54, 1.807) is 58.9 Å². The second-order valence-electron chi connectivity index (χ2n) is 32.2. The van der Waals surface area contributed by atoms with Gasteiger partial charge in [0.15, 0.2) is 46.3 Å². The number of carbonyl (C=O) groups excluding carboxylic acids is 1. The molecule has 0 atom stereocenters. The van der Waals surface area contributed by atoms with E-state index < -0.39 is 42.6 Å². The van der Waals surface area contributed by atoms with E-state index in [-0.39, 0.29) is 25.1 Å². The van der Waals surface area contributed by atoms with Gasteiger partial charge in [-0.3, -0.25) is 4.79 Å². The summed E-state index contributed by atoms with van der Waals surface area (Å²) >= 11 is 12.0. The number of nitrogens with one attached hydrogen (secondary N) is 5. The molecule has 0 radical (unpaired) electrons. The minimum absolute atomic E-state index is 0.0496. The Morgan fingerprint density at radius 2 is 0.679 bits per heavy atom. The van der Waals surface area contributed by atoms with Crippen molar-refractivity contribution >= 4 is 148 Å². The summed E-state index contributed by atoms with van der Waals surface area (Å²) in [4.78, 5) is 16.6. The van der Waals surface area contributed by atoms with Crippen LogP contribution in [0, 0.1) is 27.7 Å². The highest BCUT2D eigenvalue weighted by molar-refractivity contribution is 7.90. The Hall–Kier alpha value is -13.9. The van der Waals surface area contributed by atoms with Crippen molar-refractivity contribution in [2.45, 2.75) is 49.3 Å². The molecule has 34 heteroatoms. The van der Waals surface area contributed by atoms with Crippen LogP contribution in [0.2, 0.25) is 10.0 Å². The first-order valence-corrected chi connectivity index (χ1v) is 48.2. The van der Waals surface area contributed by atoms with Crippen LogP contribution < -0.4 is 44.9 Å². The van der Waals surface area contributed by atoms with Crippen LogP contribution in [0.5, 0.6) is 23.0 Å². The highest BCUT2D eigenvalue weighted by atomic mass is 35.5.